The number of aromatic nitrogens is 5. The zero-order valence-electron chi connectivity index (χ0n) is 72.7. The van der Waals surface area contributed by atoms with Crippen molar-refractivity contribution >= 4 is 66.3 Å². The van der Waals surface area contributed by atoms with Gasteiger partial charge < -0.3 is 24.9 Å². The van der Waals surface area contributed by atoms with Gasteiger partial charge >= 0.3 is 0 Å². The molecule has 1 aliphatic carbocycles. The molecule has 98 heavy (non-hydrogen) atoms. The first-order chi connectivity index (χ1) is 48.7. The summed E-state index contributed by atoms with van der Waals surface area (Å²) in [6.45, 7) is 45.0. The van der Waals surface area contributed by atoms with Gasteiger partial charge in [0, 0.05) is 142 Å². The fraction of sp³-hybridized carbons (Fsp3) is 0.337. The van der Waals surface area contributed by atoms with Crippen LogP contribution < -0.4 is 25.9 Å². The van der Waals surface area contributed by atoms with Crippen LogP contribution in [0.5, 0.6) is 0 Å². The topological polar surface area (TPSA) is 64.5 Å². The van der Waals surface area contributed by atoms with Crippen molar-refractivity contribution in [2.24, 2.45) is 5.92 Å². The number of pyridine rings is 5. The van der Waals surface area contributed by atoms with E-state index in [4.69, 9.17) is 21.4 Å². The maximum atomic E-state index is 7.78. The molecular weight excluding hydrogens is 2170 g/mol. The number of hydrogen-bond donors (Lipinski definition) is 0. The van der Waals surface area contributed by atoms with E-state index in [0.29, 0.717) is 39.6 Å². The van der Waals surface area contributed by atoms with E-state index in [2.05, 4.69) is 212 Å². The average Bonchev–Trinajstić information content (AvgIpc) is 0.781. The fourth-order valence-corrected chi connectivity index (χ4v) is 18.5. The fourth-order valence-electron chi connectivity index (χ4n) is 11.2. The van der Waals surface area contributed by atoms with Gasteiger partial charge in [-0.1, -0.05) is 203 Å². The SMILES string of the molecule is C[Si](C)(C)c1cnc(-c2[c-]cccc2)c(CC2CCCCC2)c1.[2H]c1[c-]c(-c2cc(C(C)C)c([Si](C)(C)C)cn2)cc([2H])c1[2H].[2H]c1[c-]c(-c2cc(C)c([Si](C)(C)C)cn2)cc([2H])c1[2H].[2H]c1[c-]c(-c2ccc([Si](C)(C)C)c(C)n2)cc([2H])c1[2H].[2H]c1[c-]c(-c2ncc([Si](C)(C)C)cc2C)cc([2H])c1[2H].[Ir].[Ir].[Ir].[Ir].[Ir]. The Labute approximate surface area is 681 Å². The van der Waals surface area contributed by atoms with Crippen LogP contribution in [-0.4, -0.2) is 65.3 Å². The molecule has 0 N–H and O–H groups in total. The maximum Gasteiger partial charge on any atom is 0.0799 e. The summed E-state index contributed by atoms with van der Waals surface area (Å²) in [6.07, 6.45) is 16.0. The van der Waals surface area contributed by atoms with E-state index >= 15 is 0 Å². The first kappa shape index (κ1) is 71.2. The Balaban J connectivity index is 0.000000462. The summed E-state index contributed by atoms with van der Waals surface area (Å²) in [5, 5.41) is 6.74. The van der Waals surface area contributed by atoms with Crippen LogP contribution in [0.25, 0.3) is 56.3 Å². The molecule has 0 saturated heterocycles. The zero-order chi connectivity index (χ0) is 78.2. The van der Waals surface area contributed by atoms with E-state index in [-0.39, 0.29) is 173 Å². The number of nitrogens with zero attached hydrogens (tertiary/aromatic N) is 5. The van der Waals surface area contributed by atoms with Crippen LogP contribution in [0.15, 0.2) is 182 Å². The van der Waals surface area contributed by atoms with Crippen molar-refractivity contribution in [3.05, 3.63) is 241 Å². The van der Waals surface area contributed by atoms with Gasteiger partial charge in [-0.05, 0) is 98.9 Å². The molecule has 1 saturated carbocycles. The Hall–Kier alpha value is -3.82. The quantitative estimate of drug-likeness (QED) is 0.0850. The van der Waals surface area contributed by atoms with Gasteiger partial charge in [0.1, 0.15) is 0 Å². The largest absolute Gasteiger partial charge is 0.305 e. The number of hydrogen-bond acceptors (Lipinski definition) is 5. The molecule has 0 bridgehead atoms. The Bertz CT molecular complexity index is 4530. The van der Waals surface area contributed by atoms with Crippen LogP contribution in [0.1, 0.15) is 96.3 Å². The maximum absolute atomic E-state index is 7.78. The second-order valence-corrected chi connectivity index (χ2v) is 55.0. The molecule has 15 heteroatoms. The van der Waals surface area contributed by atoms with Gasteiger partial charge in [0.15, 0.2) is 0 Å². The third-order valence-electron chi connectivity index (χ3n) is 16.4. The molecule has 5 aromatic heterocycles. The van der Waals surface area contributed by atoms with Crippen molar-refractivity contribution in [2.75, 3.05) is 0 Å². The molecule has 5 heterocycles. The summed E-state index contributed by atoms with van der Waals surface area (Å²) < 4.78 is 91.9. The van der Waals surface area contributed by atoms with Crippen molar-refractivity contribution in [2.45, 2.75) is 177 Å². The molecule has 10 aromatic rings. The minimum Gasteiger partial charge on any atom is -0.305 e. The standard InChI is InChI=1S/C21H28NSi.C17H22NSi.3C15H18NSi.5Ir/c1-23(2,3)20-15-19(14-17-10-6-4-7-11-17)21(22-16-20)18-12-8-5-9-13-18;1-13(2)15-11-16(14-9-7-6-8-10-14)18-12-17(15)19(3,4)5;1-12-10-14(13-8-6-5-7-9-13)16-11-15(12)17(2,3)4;1-12-10-14(17(2,3)4)11-16-15(12)13-8-6-5-7-9-13;1-12-15(17(2,3)4)11-10-14(16-12)13-8-6-5-7-9-13;;;;;/h5,8-9,12,15-17H,4,6-7,10-11,14H2,1-3H3;6-9,11-13H,1-5H3;3*5-8,10-11H,1-4H3;;;;;/q5*-1;;;;;/i;6D,7D,8D;3*5D,6D,7D;;;;;. The van der Waals surface area contributed by atoms with E-state index in [9.17, 15) is 0 Å². The van der Waals surface area contributed by atoms with Crippen molar-refractivity contribution in [1.82, 2.24) is 24.9 Å². The van der Waals surface area contributed by atoms with Gasteiger partial charge in [-0.3, -0.25) is 0 Å². The van der Waals surface area contributed by atoms with Gasteiger partial charge in [-0.25, -0.2) is 0 Å². The molecule has 0 aliphatic heterocycles. The Morgan fingerprint density at radius 2 is 0.867 bits per heavy atom. The van der Waals surface area contributed by atoms with E-state index < -0.39 is 40.4 Å². The molecule has 5 aromatic carbocycles. The summed E-state index contributed by atoms with van der Waals surface area (Å²) in [5.74, 6) is 1.23. The molecule has 0 amide bonds. The second kappa shape index (κ2) is 41.5. The van der Waals surface area contributed by atoms with Crippen molar-refractivity contribution in [3.8, 4) is 56.3 Å². The second-order valence-electron chi connectivity index (χ2n) is 29.7. The average molecular weight is 2290 g/mol. The van der Waals surface area contributed by atoms with Gasteiger partial charge in [-0.15, -0.1) is 179 Å². The normalized spacial score (nSPS) is 13.9. The number of aryl methyl sites for hydroxylation is 3. The van der Waals surface area contributed by atoms with Crippen LogP contribution in [0.4, 0.5) is 0 Å². The van der Waals surface area contributed by atoms with Crippen molar-refractivity contribution < 1.29 is 117 Å². The molecule has 531 valence electrons. The Kier molecular flexibility index (Phi) is 30.1. The predicted molar refractivity (Wildman–Crippen MR) is 416 cm³/mol. The van der Waals surface area contributed by atoms with Crippen LogP contribution in [0.3, 0.4) is 0 Å². The predicted octanol–water partition coefficient (Wildman–Crippen LogP) is 19.6. The summed E-state index contributed by atoms with van der Waals surface area (Å²) in [7, 11) is -7.01. The third-order valence-corrected chi connectivity index (χ3v) is 26.8. The van der Waals surface area contributed by atoms with Crippen molar-refractivity contribution in [1.29, 1.82) is 0 Å². The van der Waals surface area contributed by atoms with E-state index in [1.54, 1.807) is 24.3 Å². The zero-order valence-corrected chi connectivity index (χ0v) is 77.7. The molecule has 5 radical (unpaired) electrons. The van der Waals surface area contributed by atoms with Gasteiger partial charge in [-0.2, -0.15) is 0 Å². The van der Waals surface area contributed by atoms with Crippen LogP contribution >= 0.6 is 0 Å². The number of benzene rings is 5. The summed E-state index contributed by atoms with van der Waals surface area (Å²) in [5.41, 5.74) is 13.6. The molecule has 5 nitrogen and oxygen atoms in total. The van der Waals surface area contributed by atoms with E-state index in [0.717, 1.165) is 39.8 Å². The summed E-state index contributed by atoms with van der Waals surface area (Å²) in [6, 6.07) is 41.5. The first-order valence-corrected chi connectivity index (χ1v) is 50.2. The van der Waals surface area contributed by atoms with Gasteiger partial charge in [0.05, 0.1) is 40.4 Å². The molecule has 0 spiro atoms. The number of rotatable bonds is 13. The van der Waals surface area contributed by atoms with E-state index in [1.807, 2.05) is 56.7 Å². The monoisotopic (exact) mass is 2290 g/mol. The molecule has 0 atom stereocenters. The first-order valence-electron chi connectivity index (χ1n) is 38.7. The Morgan fingerprint density at radius 3 is 1.31 bits per heavy atom. The Morgan fingerprint density at radius 1 is 0.418 bits per heavy atom. The molecule has 11 rings (SSSR count). The summed E-state index contributed by atoms with van der Waals surface area (Å²) >= 11 is 0. The van der Waals surface area contributed by atoms with Gasteiger partial charge in [0.2, 0.25) is 0 Å². The molecule has 1 fully saturated rings. The van der Waals surface area contributed by atoms with E-state index in [1.165, 1.54) is 81.1 Å². The minimum atomic E-state index is -1.47. The van der Waals surface area contributed by atoms with Crippen LogP contribution in [0, 0.1) is 57.0 Å². The molecule has 0 unspecified atom stereocenters. The summed E-state index contributed by atoms with van der Waals surface area (Å²) in [4.78, 5) is 23.0. The third kappa shape index (κ3) is 27.4. The molecule has 1 aliphatic rings. The molecular formula is C83H104Ir5N5Si5-5. The van der Waals surface area contributed by atoms with Crippen LogP contribution in [0.2, 0.25) is 98.2 Å². The smallest absolute Gasteiger partial charge is 0.0799 e. The van der Waals surface area contributed by atoms with Crippen LogP contribution in [-0.2, 0) is 107 Å². The van der Waals surface area contributed by atoms with Gasteiger partial charge in [0.25, 0.3) is 0 Å². The van der Waals surface area contributed by atoms with Crippen molar-refractivity contribution in [3.63, 3.8) is 0 Å². The minimum absolute atomic E-state index is 0.